The van der Waals surface area contributed by atoms with E-state index in [4.69, 9.17) is 10.2 Å². The number of ether oxygens (including phenoxy) is 1. The van der Waals surface area contributed by atoms with Gasteiger partial charge in [-0.25, -0.2) is 17.9 Å². The molecule has 1 aromatic heterocycles. The van der Waals surface area contributed by atoms with Gasteiger partial charge in [-0.1, -0.05) is 19.8 Å². The summed E-state index contributed by atoms with van der Waals surface area (Å²) in [6, 6.07) is -0.384. The Bertz CT molecular complexity index is 627. The molecule has 0 aliphatic rings. The van der Waals surface area contributed by atoms with E-state index in [9.17, 15) is 13.2 Å². The highest BCUT2D eigenvalue weighted by atomic mass is 35.5. The second-order valence-electron chi connectivity index (χ2n) is 5.11. The van der Waals surface area contributed by atoms with Crippen molar-refractivity contribution in [1.82, 2.24) is 4.72 Å². The molecule has 1 rings (SSSR count). The topological polar surface area (TPSA) is 112 Å². The highest BCUT2D eigenvalue weighted by Gasteiger charge is 2.32. The summed E-state index contributed by atoms with van der Waals surface area (Å²) in [5.41, 5.74) is 5.55. The van der Waals surface area contributed by atoms with E-state index in [0.29, 0.717) is 6.42 Å². The zero-order chi connectivity index (χ0) is 16.9. The Morgan fingerprint density at radius 1 is 1.35 bits per heavy atom. The van der Waals surface area contributed by atoms with E-state index < -0.39 is 16.0 Å². The third-order valence-electron chi connectivity index (χ3n) is 3.38. The molecule has 0 spiro atoms. The van der Waals surface area contributed by atoms with Crippen LogP contribution in [0.4, 0.5) is 0 Å². The number of halogens is 1. The molecular weight excluding hydrogens is 344 g/mol. The Kier molecular flexibility index (Phi) is 8.83. The van der Waals surface area contributed by atoms with E-state index in [1.165, 1.54) is 21.0 Å². The van der Waals surface area contributed by atoms with Gasteiger partial charge in [-0.05, 0) is 20.3 Å². The van der Waals surface area contributed by atoms with E-state index >= 15 is 0 Å². The summed E-state index contributed by atoms with van der Waals surface area (Å²) in [6.45, 7) is 5.22. The molecule has 0 amide bonds. The summed E-state index contributed by atoms with van der Waals surface area (Å²) in [7, 11) is -2.73. The standard InChI is InChI=1S/C14H24N2O5S.ClH/c1-5-6-7-11(8-15)16-22(18,19)13-10(3)21-9(2)12(13)14(17)20-4;/h11,16H,5-8,15H2,1-4H3;1H. The lowest BCUT2D eigenvalue weighted by Crippen LogP contribution is -2.40. The van der Waals surface area contributed by atoms with Crippen LogP contribution in [0.25, 0.3) is 0 Å². The molecule has 7 nitrogen and oxygen atoms in total. The highest BCUT2D eigenvalue weighted by molar-refractivity contribution is 7.89. The zero-order valence-corrected chi connectivity index (χ0v) is 15.5. The Morgan fingerprint density at radius 3 is 2.43 bits per heavy atom. The van der Waals surface area contributed by atoms with Gasteiger partial charge < -0.3 is 14.9 Å². The van der Waals surface area contributed by atoms with E-state index in [2.05, 4.69) is 9.46 Å². The number of carbonyl (C=O) groups is 1. The number of hydrogen-bond donors (Lipinski definition) is 2. The van der Waals surface area contributed by atoms with Crippen molar-refractivity contribution in [3.8, 4) is 0 Å². The van der Waals surface area contributed by atoms with Crippen molar-refractivity contribution in [2.24, 2.45) is 5.73 Å². The molecule has 1 unspecified atom stereocenters. The first-order valence-corrected chi connectivity index (χ1v) is 8.67. The average molecular weight is 369 g/mol. The molecule has 0 radical (unpaired) electrons. The van der Waals surface area contributed by atoms with Gasteiger partial charge in [-0.2, -0.15) is 0 Å². The number of esters is 1. The second-order valence-corrected chi connectivity index (χ2v) is 6.76. The minimum atomic E-state index is -3.92. The van der Waals surface area contributed by atoms with Gasteiger partial charge in [0.2, 0.25) is 10.0 Å². The van der Waals surface area contributed by atoms with Crippen LogP contribution in [-0.4, -0.2) is 34.1 Å². The Labute approximate surface area is 143 Å². The van der Waals surface area contributed by atoms with Gasteiger partial charge in [0.15, 0.2) is 0 Å². The van der Waals surface area contributed by atoms with Gasteiger partial charge in [-0.3, -0.25) is 0 Å². The first-order chi connectivity index (χ1) is 10.3. The fourth-order valence-corrected chi connectivity index (χ4v) is 3.97. The molecule has 1 aromatic rings. The van der Waals surface area contributed by atoms with Crippen LogP contribution in [0.1, 0.15) is 48.1 Å². The molecule has 134 valence electrons. The van der Waals surface area contributed by atoms with Crippen molar-refractivity contribution in [2.75, 3.05) is 13.7 Å². The monoisotopic (exact) mass is 368 g/mol. The molecule has 3 N–H and O–H groups in total. The molecule has 23 heavy (non-hydrogen) atoms. The van der Waals surface area contributed by atoms with Gasteiger partial charge in [-0.15, -0.1) is 12.4 Å². The predicted octanol–water partition coefficient (Wildman–Crippen LogP) is 1.90. The molecule has 0 bridgehead atoms. The molecular formula is C14H25ClN2O5S. The van der Waals surface area contributed by atoms with Gasteiger partial charge in [0.25, 0.3) is 0 Å². The largest absolute Gasteiger partial charge is 0.465 e. The Balaban J connectivity index is 0.00000484. The van der Waals surface area contributed by atoms with Crippen LogP contribution in [0.2, 0.25) is 0 Å². The van der Waals surface area contributed by atoms with Crippen molar-refractivity contribution in [3.05, 3.63) is 17.1 Å². The third-order valence-corrected chi connectivity index (χ3v) is 5.05. The second kappa shape index (κ2) is 9.27. The van der Waals surface area contributed by atoms with Gasteiger partial charge in [0.1, 0.15) is 22.0 Å². The molecule has 1 heterocycles. The van der Waals surface area contributed by atoms with E-state index in [1.54, 1.807) is 0 Å². The molecule has 0 fully saturated rings. The first kappa shape index (κ1) is 21.9. The number of carbonyl (C=O) groups excluding carboxylic acids is 1. The van der Waals surface area contributed by atoms with E-state index in [1.807, 2.05) is 6.92 Å². The number of hydrogen-bond acceptors (Lipinski definition) is 6. The smallest absolute Gasteiger partial charge is 0.342 e. The van der Waals surface area contributed by atoms with Gasteiger partial charge in [0, 0.05) is 12.6 Å². The van der Waals surface area contributed by atoms with Crippen molar-refractivity contribution in [1.29, 1.82) is 0 Å². The van der Waals surface area contributed by atoms with Crippen LogP contribution in [-0.2, 0) is 14.8 Å². The minimum absolute atomic E-state index is 0. The minimum Gasteiger partial charge on any atom is -0.465 e. The molecule has 0 aliphatic heterocycles. The van der Waals surface area contributed by atoms with E-state index in [-0.39, 0.29) is 47.0 Å². The van der Waals surface area contributed by atoms with Crippen LogP contribution in [0.3, 0.4) is 0 Å². The van der Waals surface area contributed by atoms with Crippen molar-refractivity contribution < 1.29 is 22.4 Å². The Hall–Kier alpha value is -1.09. The molecule has 0 saturated carbocycles. The summed E-state index contributed by atoms with van der Waals surface area (Å²) >= 11 is 0. The van der Waals surface area contributed by atoms with Crippen LogP contribution < -0.4 is 10.5 Å². The van der Waals surface area contributed by atoms with Crippen molar-refractivity contribution in [3.63, 3.8) is 0 Å². The molecule has 0 aliphatic carbocycles. The fourth-order valence-electron chi connectivity index (χ4n) is 2.28. The molecule has 1 atom stereocenters. The lowest BCUT2D eigenvalue weighted by Gasteiger charge is -2.16. The van der Waals surface area contributed by atoms with Gasteiger partial charge >= 0.3 is 5.97 Å². The fraction of sp³-hybridized carbons (Fsp3) is 0.643. The summed E-state index contributed by atoms with van der Waals surface area (Å²) < 4.78 is 37.7. The maximum absolute atomic E-state index is 12.6. The normalized spacial score (nSPS) is 12.6. The predicted molar refractivity (Wildman–Crippen MR) is 89.5 cm³/mol. The molecule has 9 heteroatoms. The van der Waals surface area contributed by atoms with E-state index in [0.717, 1.165) is 12.8 Å². The van der Waals surface area contributed by atoms with Crippen LogP contribution in [0, 0.1) is 13.8 Å². The van der Waals surface area contributed by atoms with Gasteiger partial charge in [0.05, 0.1) is 7.11 Å². The maximum atomic E-state index is 12.6. The number of furan rings is 1. The highest BCUT2D eigenvalue weighted by Crippen LogP contribution is 2.27. The lowest BCUT2D eigenvalue weighted by molar-refractivity contribution is 0.0595. The number of methoxy groups -OCH3 is 1. The summed E-state index contributed by atoms with van der Waals surface area (Å²) in [4.78, 5) is 11.7. The van der Waals surface area contributed by atoms with Crippen LogP contribution in [0.5, 0.6) is 0 Å². The van der Waals surface area contributed by atoms with Crippen molar-refractivity contribution in [2.45, 2.75) is 51.0 Å². The van der Waals surface area contributed by atoms with Crippen molar-refractivity contribution >= 4 is 28.4 Å². The number of aryl methyl sites for hydroxylation is 2. The quantitative estimate of drug-likeness (QED) is 0.678. The SMILES string of the molecule is CCCCC(CN)NS(=O)(=O)c1c(C)oc(C)c1C(=O)OC.Cl. The lowest BCUT2D eigenvalue weighted by atomic mass is 10.1. The zero-order valence-electron chi connectivity index (χ0n) is 13.8. The number of nitrogens with two attached hydrogens (primary N) is 1. The molecule has 0 saturated heterocycles. The third kappa shape index (κ3) is 5.20. The first-order valence-electron chi connectivity index (χ1n) is 7.19. The number of rotatable bonds is 8. The summed E-state index contributed by atoms with van der Waals surface area (Å²) in [5, 5.41) is 0. The number of unbranched alkanes of at least 4 members (excludes halogenated alkanes) is 1. The molecule has 0 aromatic carbocycles. The maximum Gasteiger partial charge on any atom is 0.342 e. The average Bonchev–Trinajstić information content (AvgIpc) is 2.77. The number of nitrogens with one attached hydrogen (secondary N) is 1. The summed E-state index contributed by atoms with van der Waals surface area (Å²) in [6.07, 6.45) is 2.43. The van der Waals surface area contributed by atoms with Crippen LogP contribution >= 0.6 is 12.4 Å². The Morgan fingerprint density at radius 2 is 1.96 bits per heavy atom. The van der Waals surface area contributed by atoms with Crippen LogP contribution in [0.15, 0.2) is 9.31 Å². The summed E-state index contributed by atoms with van der Waals surface area (Å²) in [5.74, 6) is -0.383. The number of sulfonamides is 1.